The van der Waals surface area contributed by atoms with Crippen molar-refractivity contribution in [3.8, 4) is 0 Å². The predicted molar refractivity (Wildman–Crippen MR) is 103 cm³/mol. The van der Waals surface area contributed by atoms with Crippen molar-refractivity contribution in [2.24, 2.45) is 4.99 Å². The molecule has 1 amide bonds. The van der Waals surface area contributed by atoms with Crippen LogP contribution in [0.2, 0.25) is 0 Å². The van der Waals surface area contributed by atoms with Crippen LogP contribution in [0.15, 0.2) is 29.3 Å². The number of hydrogen-bond acceptors (Lipinski definition) is 2. The first-order chi connectivity index (χ1) is 11.2. The summed E-state index contributed by atoms with van der Waals surface area (Å²) in [5.41, 5.74) is -0.00738. The molecular formula is C16H24F3IN4O. The lowest BCUT2D eigenvalue weighted by atomic mass is 10.1. The van der Waals surface area contributed by atoms with E-state index in [9.17, 15) is 18.0 Å². The van der Waals surface area contributed by atoms with Gasteiger partial charge in [-0.25, -0.2) is 4.99 Å². The second kappa shape index (κ2) is 11.2. The van der Waals surface area contributed by atoms with Crippen molar-refractivity contribution in [3.05, 3.63) is 35.4 Å². The minimum absolute atomic E-state index is 0. The van der Waals surface area contributed by atoms with Gasteiger partial charge in [-0.2, -0.15) is 13.2 Å². The zero-order valence-corrected chi connectivity index (χ0v) is 16.8. The van der Waals surface area contributed by atoms with Gasteiger partial charge >= 0.3 is 6.18 Å². The number of nitrogens with zero attached hydrogens (tertiary/aromatic N) is 2. The Morgan fingerprint density at radius 3 is 2.24 bits per heavy atom. The molecule has 0 aliphatic rings. The largest absolute Gasteiger partial charge is 0.416 e. The molecule has 0 fully saturated rings. The molecule has 1 aromatic carbocycles. The van der Waals surface area contributed by atoms with Crippen LogP contribution in [0, 0.1) is 0 Å². The van der Waals surface area contributed by atoms with Crippen molar-refractivity contribution >= 4 is 35.8 Å². The third-order valence-electron chi connectivity index (χ3n) is 3.18. The number of carbonyl (C=O) groups is 1. The van der Waals surface area contributed by atoms with Crippen molar-refractivity contribution < 1.29 is 18.0 Å². The van der Waals surface area contributed by atoms with Gasteiger partial charge in [0.2, 0.25) is 5.91 Å². The third-order valence-corrected chi connectivity index (χ3v) is 3.18. The second-order valence-corrected chi connectivity index (χ2v) is 5.35. The Hall–Kier alpha value is -1.52. The highest BCUT2D eigenvalue weighted by molar-refractivity contribution is 14.0. The van der Waals surface area contributed by atoms with Crippen LogP contribution in [-0.4, -0.2) is 44.0 Å². The summed E-state index contributed by atoms with van der Waals surface area (Å²) in [6, 6.07) is 4.90. The maximum atomic E-state index is 12.5. The predicted octanol–water partition coefficient (Wildman–Crippen LogP) is 2.86. The number of aliphatic imine (C=N–C) groups is 1. The van der Waals surface area contributed by atoms with Crippen molar-refractivity contribution in [1.29, 1.82) is 0 Å². The summed E-state index contributed by atoms with van der Waals surface area (Å²) >= 11 is 0. The number of hydrogen-bond donors (Lipinski definition) is 2. The molecule has 0 aliphatic carbocycles. The van der Waals surface area contributed by atoms with E-state index in [0.717, 1.165) is 12.1 Å². The van der Waals surface area contributed by atoms with E-state index in [0.29, 0.717) is 31.0 Å². The van der Waals surface area contributed by atoms with E-state index in [-0.39, 0.29) is 36.4 Å². The molecule has 0 aromatic heterocycles. The lowest BCUT2D eigenvalue weighted by molar-refractivity contribution is -0.137. The molecule has 0 saturated carbocycles. The average molecular weight is 472 g/mol. The lowest BCUT2D eigenvalue weighted by Crippen LogP contribution is -2.39. The molecule has 0 aliphatic heterocycles. The fourth-order valence-corrected chi connectivity index (χ4v) is 1.82. The van der Waals surface area contributed by atoms with Crippen LogP contribution in [-0.2, 0) is 17.5 Å². The highest BCUT2D eigenvalue weighted by atomic mass is 127. The Bertz CT molecular complexity index is 559. The van der Waals surface area contributed by atoms with Crippen LogP contribution < -0.4 is 10.6 Å². The summed E-state index contributed by atoms with van der Waals surface area (Å²) in [5, 5.41) is 6.05. The van der Waals surface area contributed by atoms with E-state index in [2.05, 4.69) is 15.6 Å². The first-order valence-electron chi connectivity index (χ1n) is 7.62. The van der Waals surface area contributed by atoms with E-state index in [1.165, 1.54) is 17.0 Å². The number of guanidine groups is 1. The third kappa shape index (κ3) is 8.94. The number of amides is 1. The quantitative estimate of drug-likeness (QED) is 0.381. The minimum Gasteiger partial charge on any atom is -0.357 e. The molecular weight excluding hydrogens is 448 g/mol. The van der Waals surface area contributed by atoms with Crippen LogP contribution >= 0.6 is 24.0 Å². The molecule has 142 valence electrons. The van der Waals surface area contributed by atoms with Crippen LogP contribution in [0.5, 0.6) is 0 Å². The molecule has 0 unspecified atom stereocenters. The number of alkyl halides is 3. The minimum atomic E-state index is -4.34. The van der Waals surface area contributed by atoms with Crippen molar-refractivity contribution in [2.45, 2.75) is 26.1 Å². The van der Waals surface area contributed by atoms with E-state index in [1.54, 1.807) is 14.1 Å². The second-order valence-electron chi connectivity index (χ2n) is 5.35. The Morgan fingerprint density at radius 2 is 1.76 bits per heavy atom. The fraction of sp³-hybridized carbons (Fsp3) is 0.500. The molecule has 5 nitrogen and oxygen atoms in total. The number of benzene rings is 1. The summed E-state index contributed by atoms with van der Waals surface area (Å²) in [6.45, 7) is 3.21. The molecule has 0 atom stereocenters. The van der Waals surface area contributed by atoms with Gasteiger partial charge < -0.3 is 15.5 Å². The van der Waals surface area contributed by atoms with E-state index in [4.69, 9.17) is 0 Å². The van der Waals surface area contributed by atoms with Gasteiger partial charge in [-0.05, 0) is 24.6 Å². The van der Waals surface area contributed by atoms with Crippen LogP contribution in [0.1, 0.15) is 24.5 Å². The smallest absolute Gasteiger partial charge is 0.357 e. The molecule has 0 heterocycles. The van der Waals surface area contributed by atoms with Gasteiger partial charge in [-0.3, -0.25) is 4.79 Å². The normalized spacial score (nSPS) is 11.5. The van der Waals surface area contributed by atoms with Gasteiger partial charge in [-0.15, -0.1) is 24.0 Å². The van der Waals surface area contributed by atoms with Crippen LogP contribution in [0.3, 0.4) is 0 Å². The molecule has 9 heteroatoms. The lowest BCUT2D eigenvalue weighted by Gasteiger charge is -2.13. The van der Waals surface area contributed by atoms with Crippen molar-refractivity contribution in [1.82, 2.24) is 15.5 Å². The van der Waals surface area contributed by atoms with Gasteiger partial charge in [-0.1, -0.05) is 12.1 Å². The molecule has 2 N–H and O–H groups in total. The summed E-state index contributed by atoms with van der Waals surface area (Å²) in [7, 11) is 3.37. The zero-order valence-electron chi connectivity index (χ0n) is 14.5. The van der Waals surface area contributed by atoms with Crippen molar-refractivity contribution in [3.63, 3.8) is 0 Å². The molecule has 0 bridgehead atoms. The van der Waals surface area contributed by atoms with Gasteiger partial charge in [0.25, 0.3) is 0 Å². The number of carbonyl (C=O) groups excluding carboxylic acids is 1. The number of nitrogens with one attached hydrogen (secondary N) is 2. The number of rotatable bonds is 6. The zero-order chi connectivity index (χ0) is 18.2. The summed E-state index contributed by atoms with van der Waals surface area (Å²) in [6.07, 6.45) is -4.01. The monoisotopic (exact) mass is 472 g/mol. The van der Waals surface area contributed by atoms with Crippen molar-refractivity contribution in [2.75, 3.05) is 27.2 Å². The average Bonchev–Trinajstić information content (AvgIpc) is 2.51. The van der Waals surface area contributed by atoms with Crippen LogP contribution in [0.4, 0.5) is 13.2 Å². The molecule has 0 radical (unpaired) electrons. The van der Waals surface area contributed by atoms with E-state index >= 15 is 0 Å². The van der Waals surface area contributed by atoms with Gasteiger partial charge in [0, 0.05) is 33.6 Å². The SMILES string of the molecule is CCNC(=NCc1ccc(C(F)(F)F)cc1)NCCC(=O)N(C)C.I. The van der Waals surface area contributed by atoms with Gasteiger partial charge in [0.15, 0.2) is 5.96 Å². The first kappa shape index (κ1) is 23.5. The topological polar surface area (TPSA) is 56.7 Å². The fourth-order valence-electron chi connectivity index (χ4n) is 1.82. The molecule has 0 saturated heterocycles. The first-order valence-corrected chi connectivity index (χ1v) is 7.62. The Morgan fingerprint density at radius 1 is 1.16 bits per heavy atom. The Balaban J connectivity index is 0.00000576. The van der Waals surface area contributed by atoms with Gasteiger partial charge in [0.05, 0.1) is 12.1 Å². The number of halogens is 4. The maximum Gasteiger partial charge on any atom is 0.416 e. The maximum absolute atomic E-state index is 12.5. The summed E-state index contributed by atoms with van der Waals surface area (Å²) in [4.78, 5) is 17.3. The molecule has 1 rings (SSSR count). The van der Waals surface area contributed by atoms with Gasteiger partial charge in [0.1, 0.15) is 0 Å². The summed E-state index contributed by atoms with van der Waals surface area (Å²) in [5.74, 6) is 0.519. The highest BCUT2D eigenvalue weighted by Gasteiger charge is 2.29. The standard InChI is InChI=1S/C16H23F3N4O.HI/c1-4-20-15(21-10-9-14(24)23(2)3)22-11-12-5-7-13(8-6-12)16(17,18)19;/h5-8H,4,9-11H2,1-3H3,(H2,20,21,22);1H. The van der Waals surface area contributed by atoms with E-state index < -0.39 is 11.7 Å². The molecule has 0 spiro atoms. The van der Waals surface area contributed by atoms with E-state index in [1.807, 2.05) is 6.92 Å². The van der Waals surface area contributed by atoms with Crippen LogP contribution in [0.25, 0.3) is 0 Å². The molecule has 25 heavy (non-hydrogen) atoms. The summed E-state index contributed by atoms with van der Waals surface area (Å²) < 4.78 is 37.6. The Kier molecular flexibility index (Phi) is 10.5. The highest BCUT2D eigenvalue weighted by Crippen LogP contribution is 2.29. The Labute approximate surface area is 163 Å². The molecule has 1 aromatic rings.